The molecule has 1 aromatic heterocycles. The van der Waals surface area contributed by atoms with Crippen LogP contribution in [0.25, 0.3) is 0 Å². The van der Waals surface area contributed by atoms with E-state index in [0.717, 1.165) is 6.42 Å². The molecule has 7 heteroatoms. The van der Waals surface area contributed by atoms with Gasteiger partial charge in [0.25, 0.3) is 5.91 Å². The van der Waals surface area contributed by atoms with Crippen LogP contribution in [0.3, 0.4) is 0 Å². The molecule has 0 spiro atoms. The molecule has 1 aliphatic rings. The first-order valence-electron chi connectivity index (χ1n) is 9.69. The number of nitrogens with one attached hydrogen (secondary N) is 1. The summed E-state index contributed by atoms with van der Waals surface area (Å²) in [6, 6.07) is 8.46. The fourth-order valence-electron chi connectivity index (χ4n) is 3.23. The van der Waals surface area contributed by atoms with Crippen LogP contribution >= 0.6 is 11.3 Å². The minimum absolute atomic E-state index is 0.0562. The van der Waals surface area contributed by atoms with Crippen LogP contribution < -0.4 is 10.1 Å². The summed E-state index contributed by atoms with van der Waals surface area (Å²) in [5, 5.41) is 6.43. The number of ether oxygens (including phenoxy) is 1. The Morgan fingerprint density at radius 2 is 1.86 bits per heavy atom. The molecule has 29 heavy (non-hydrogen) atoms. The third kappa shape index (κ3) is 5.44. The van der Waals surface area contributed by atoms with E-state index in [1.165, 1.54) is 11.3 Å². The zero-order valence-corrected chi connectivity index (χ0v) is 17.8. The van der Waals surface area contributed by atoms with Gasteiger partial charge in [-0.05, 0) is 48.6 Å². The molecule has 0 bridgehead atoms. The second-order valence-electron chi connectivity index (χ2n) is 8.25. The zero-order valence-electron chi connectivity index (χ0n) is 16.9. The lowest BCUT2D eigenvalue weighted by Gasteiger charge is -2.35. The van der Waals surface area contributed by atoms with E-state index < -0.39 is 5.41 Å². The highest BCUT2D eigenvalue weighted by Crippen LogP contribution is 2.25. The van der Waals surface area contributed by atoms with E-state index >= 15 is 0 Å². The van der Waals surface area contributed by atoms with Crippen LogP contribution in [0, 0.1) is 11.3 Å². The second-order valence-corrected chi connectivity index (χ2v) is 9.03. The fourth-order valence-corrected chi connectivity index (χ4v) is 3.87. The maximum atomic E-state index is 12.6. The molecule has 1 atom stereocenters. The average Bonchev–Trinajstić information content (AvgIpc) is 3.23. The first kappa shape index (κ1) is 21.0. The third-order valence-corrected chi connectivity index (χ3v) is 5.48. The van der Waals surface area contributed by atoms with Gasteiger partial charge in [0.05, 0.1) is 11.5 Å². The number of piperidine rings is 1. The number of carbonyl (C=O) groups is 3. The Kier molecular flexibility index (Phi) is 6.37. The molecule has 1 fully saturated rings. The molecule has 1 N–H and O–H groups in total. The van der Waals surface area contributed by atoms with Gasteiger partial charge in [0.1, 0.15) is 5.75 Å². The molecular weight excluding hydrogens is 388 g/mol. The summed E-state index contributed by atoms with van der Waals surface area (Å²) in [6.45, 7) is 6.73. The predicted molar refractivity (Wildman–Crippen MR) is 113 cm³/mol. The van der Waals surface area contributed by atoms with Crippen LogP contribution in [0.15, 0.2) is 41.1 Å². The van der Waals surface area contributed by atoms with Crippen molar-refractivity contribution in [3.63, 3.8) is 0 Å². The molecule has 0 aliphatic carbocycles. The molecule has 2 heterocycles. The number of amides is 2. The largest absolute Gasteiger partial charge is 0.426 e. The van der Waals surface area contributed by atoms with Crippen LogP contribution in [0.2, 0.25) is 0 Å². The average molecular weight is 415 g/mol. The van der Waals surface area contributed by atoms with Gasteiger partial charge in [-0.2, -0.15) is 11.3 Å². The van der Waals surface area contributed by atoms with Crippen molar-refractivity contribution in [3.05, 3.63) is 46.7 Å². The van der Waals surface area contributed by atoms with E-state index in [4.69, 9.17) is 4.74 Å². The number of likely N-dealkylation sites (tertiary alicyclic amines) is 1. The number of hydrogen-bond donors (Lipinski definition) is 1. The first-order chi connectivity index (χ1) is 13.7. The minimum atomic E-state index is -0.463. The molecule has 0 radical (unpaired) electrons. The highest BCUT2D eigenvalue weighted by atomic mass is 32.1. The monoisotopic (exact) mass is 414 g/mol. The lowest BCUT2D eigenvalue weighted by molar-refractivity contribution is -0.146. The van der Waals surface area contributed by atoms with Crippen molar-refractivity contribution in [2.45, 2.75) is 33.6 Å². The molecule has 1 aromatic carbocycles. The number of esters is 1. The molecule has 1 aliphatic heterocycles. The van der Waals surface area contributed by atoms with Gasteiger partial charge in [0.15, 0.2) is 0 Å². The van der Waals surface area contributed by atoms with E-state index in [0.29, 0.717) is 36.5 Å². The molecule has 2 aromatic rings. The number of rotatable bonds is 4. The van der Waals surface area contributed by atoms with E-state index in [-0.39, 0.29) is 23.7 Å². The van der Waals surface area contributed by atoms with Crippen LogP contribution in [-0.4, -0.2) is 35.8 Å². The van der Waals surface area contributed by atoms with Crippen LogP contribution in [0.1, 0.15) is 44.0 Å². The summed E-state index contributed by atoms with van der Waals surface area (Å²) in [7, 11) is 0. The van der Waals surface area contributed by atoms with Gasteiger partial charge < -0.3 is 15.0 Å². The van der Waals surface area contributed by atoms with Crippen LogP contribution in [-0.2, 0) is 9.59 Å². The number of hydrogen-bond acceptors (Lipinski definition) is 5. The van der Waals surface area contributed by atoms with Gasteiger partial charge in [0, 0.05) is 29.6 Å². The van der Waals surface area contributed by atoms with Gasteiger partial charge in [-0.25, -0.2) is 0 Å². The molecule has 2 amide bonds. The summed E-state index contributed by atoms with van der Waals surface area (Å²) in [4.78, 5) is 38.9. The SMILES string of the molecule is CC(C)(C)C(=O)N1CCCC(C(=O)Oc2ccc(NC(=O)c3ccsc3)cc2)C1. The highest BCUT2D eigenvalue weighted by molar-refractivity contribution is 7.08. The predicted octanol–water partition coefficient (Wildman–Crippen LogP) is 4.19. The number of carbonyl (C=O) groups excluding carboxylic acids is 3. The lowest BCUT2D eigenvalue weighted by Crippen LogP contribution is -2.47. The second kappa shape index (κ2) is 8.78. The summed E-state index contributed by atoms with van der Waals surface area (Å²) >= 11 is 1.46. The van der Waals surface area contributed by atoms with Crippen molar-refractivity contribution >= 4 is 34.8 Å². The lowest BCUT2D eigenvalue weighted by atomic mass is 9.91. The molecule has 6 nitrogen and oxygen atoms in total. The van der Waals surface area contributed by atoms with Gasteiger partial charge in [0.2, 0.25) is 5.91 Å². The fraction of sp³-hybridized carbons (Fsp3) is 0.409. The quantitative estimate of drug-likeness (QED) is 0.601. The Bertz CT molecular complexity index is 869. The third-order valence-electron chi connectivity index (χ3n) is 4.80. The number of nitrogens with zero attached hydrogens (tertiary/aromatic N) is 1. The van der Waals surface area contributed by atoms with E-state index in [1.54, 1.807) is 40.6 Å². The zero-order chi connectivity index (χ0) is 21.0. The van der Waals surface area contributed by atoms with Gasteiger partial charge in [-0.15, -0.1) is 0 Å². The normalized spacial score (nSPS) is 16.9. The number of thiophene rings is 1. The Morgan fingerprint density at radius 1 is 1.14 bits per heavy atom. The van der Waals surface area contributed by atoms with E-state index in [2.05, 4.69) is 5.32 Å². The van der Waals surface area contributed by atoms with Crippen molar-refractivity contribution in [1.29, 1.82) is 0 Å². The molecular formula is C22H26N2O4S. The maximum absolute atomic E-state index is 12.6. The van der Waals surface area contributed by atoms with Gasteiger partial charge in [-0.1, -0.05) is 20.8 Å². The van der Waals surface area contributed by atoms with Crippen LogP contribution in [0.4, 0.5) is 5.69 Å². The Morgan fingerprint density at radius 3 is 2.48 bits per heavy atom. The molecule has 0 saturated carbocycles. The van der Waals surface area contributed by atoms with Crippen molar-refractivity contribution < 1.29 is 19.1 Å². The number of benzene rings is 1. The van der Waals surface area contributed by atoms with Crippen LogP contribution in [0.5, 0.6) is 5.75 Å². The van der Waals surface area contributed by atoms with E-state index in [9.17, 15) is 14.4 Å². The first-order valence-corrected chi connectivity index (χ1v) is 10.6. The molecule has 154 valence electrons. The number of anilines is 1. The summed E-state index contributed by atoms with van der Waals surface area (Å²) < 4.78 is 5.51. The highest BCUT2D eigenvalue weighted by Gasteiger charge is 2.34. The van der Waals surface area contributed by atoms with Crippen molar-refractivity contribution in [1.82, 2.24) is 4.90 Å². The Hall–Kier alpha value is -2.67. The molecule has 3 rings (SSSR count). The van der Waals surface area contributed by atoms with E-state index in [1.807, 2.05) is 26.2 Å². The van der Waals surface area contributed by atoms with Gasteiger partial charge >= 0.3 is 5.97 Å². The van der Waals surface area contributed by atoms with Gasteiger partial charge in [-0.3, -0.25) is 14.4 Å². The molecule has 1 unspecified atom stereocenters. The maximum Gasteiger partial charge on any atom is 0.316 e. The summed E-state index contributed by atoms with van der Waals surface area (Å²) in [5.41, 5.74) is 0.771. The Labute approximate surface area is 174 Å². The topological polar surface area (TPSA) is 75.7 Å². The summed E-state index contributed by atoms with van der Waals surface area (Å²) in [5.74, 6) is -0.357. The minimum Gasteiger partial charge on any atom is -0.426 e. The molecule has 1 saturated heterocycles. The summed E-state index contributed by atoms with van der Waals surface area (Å²) in [6.07, 6.45) is 1.50. The van der Waals surface area contributed by atoms with Crippen molar-refractivity contribution in [2.75, 3.05) is 18.4 Å². The van der Waals surface area contributed by atoms with Crippen molar-refractivity contribution in [3.8, 4) is 5.75 Å². The smallest absolute Gasteiger partial charge is 0.316 e. The van der Waals surface area contributed by atoms with Crippen molar-refractivity contribution in [2.24, 2.45) is 11.3 Å². The Balaban J connectivity index is 1.56. The standard InChI is InChI=1S/C22H26N2O4S/c1-22(2,3)21(27)24-11-4-5-15(13-24)20(26)28-18-8-6-17(7-9-18)23-19(25)16-10-12-29-14-16/h6-10,12,14-15H,4-5,11,13H2,1-3H3,(H,23,25).